The predicted octanol–water partition coefficient (Wildman–Crippen LogP) is 6.79. The third kappa shape index (κ3) is 5.34. The summed E-state index contributed by atoms with van der Waals surface area (Å²) in [5, 5.41) is 10.1. The Hall–Kier alpha value is 0.0200. The summed E-state index contributed by atoms with van der Waals surface area (Å²) in [4.78, 5) is 0. The van der Waals surface area contributed by atoms with Crippen LogP contribution in [0.2, 0.25) is 0 Å². The quantitative estimate of drug-likeness (QED) is 0.371. The Balaban J connectivity index is 1.49. The Morgan fingerprint density at radius 3 is 2.59 bits per heavy atom. The van der Waals surface area contributed by atoms with Gasteiger partial charge >= 0.3 is 6.18 Å². The van der Waals surface area contributed by atoms with E-state index in [1.807, 2.05) is 0 Å². The SMILES string of the molecule is CC1CCC(C2SC(SNC3CCC(C(F)(F)F)=C(O)C3)=CC2Cl)CC1C. The second kappa shape index (κ2) is 8.80. The molecule has 3 aliphatic rings. The molecule has 0 aromatic rings. The normalized spacial score (nSPS) is 38.2. The lowest BCUT2D eigenvalue weighted by Crippen LogP contribution is -2.31. The Labute approximate surface area is 172 Å². The molecule has 6 atom stereocenters. The van der Waals surface area contributed by atoms with Crippen molar-refractivity contribution in [2.75, 3.05) is 0 Å². The summed E-state index contributed by atoms with van der Waals surface area (Å²) < 4.78 is 42.7. The van der Waals surface area contributed by atoms with Gasteiger partial charge in [-0.2, -0.15) is 13.2 Å². The molecule has 3 rings (SSSR count). The third-order valence-corrected chi connectivity index (χ3v) is 9.36. The summed E-state index contributed by atoms with van der Waals surface area (Å²) in [7, 11) is 0. The molecule has 1 saturated carbocycles. The summed E-state index contributed by atoms with van der Waals surface area (Å²) in [5.41, 5.74) is -0.776. The van der Waals surface area contributed by atoms with Crippen LogP contribution < -0.4 is 4.72 Å². The molecule has 0 spiro atoms. The molecule has 2 aliphatic carbocycles. The number of alkyl halides is 4. The topological polar surface area (TPSA) is 32.3 Å². The van der Waals surface area contributed by atoms with Crippen molar-refractivity contribution < 1.29 is 18.3 Å². The average Bonchev–Trinajstić information content (AvgIpc) is 2.95. The molecule has 154 valence electrons. The van der Waals surface area contributed by atoms with Crippen LogP contribution in [-0.2, 0) is 0 Å². The van der Waals surface area contributed by atoms with Crippen LogP contribution in [0.1, 0.15) is 52.4 Å². The van der Waals surface area contributed by atoms with E-state index in [0.717, 1.165) is 16.1 Å². The molecule has 0 saturated heterocycles. The standard InChI is InChI=1S/C19H27ClF3NOS2/c1-10-3-4-12(7-11(10)2)18-15(20)9-17(26-18)27-24-13-5-6-14(16(25)8-13)19(21,22)23/h9-13,15,18,24-25H,3-8H2,1-2H3. The summed E-state index contributed by atoms with van der Waals surface area (Å²) in [5.74, 6) is 1.59. The van der Waals surface area contributed by atoms with Crippen LogP contribution in [0.15, 0.2) is 21.6 Å². The van der Waals surface area contributed by atoms with Gasteiger partial charge in [0.15, 0.2) is 0 Å². The Kier molecular flexibility index (Phi) is 7.08. The highest BCUT2D eigenvalue weighted by atomic mass is 35.5. The van der Waals surface area contributed by atoms with E-state index in [-0.39, 0.29) is 24.3 Å². The molecule has 8 heteroatoms. The van der Waals surface area contributed by atoms with Gasteiger partial charge in [-0.3, -0.25) is 4.72 Å². The Morgan fingerprint density at radius 2 is 1.96 bits per heavy atom. The van der Waals surface area contributed by atoms with E-state index in [2.05, 4.69) is 24.6 Å². The van der Waals surface area contributed by atoms with Crippen molar-refractivity contribution in [1.29, 1.82) is 0 Å². The van der Waals surface area contributed by atoms with Crippen LogP contribution in [0.4, 0.5) is 13.2 Å². The first-order valence-corrected chi connectivity index (χ1v) is 11.7. The molecule has 0 radical (unpaired) electrons. The van der Waals surface area contributed by atoms with E-state index in [0.29, 0.717) is 17.6 Å². The van der Waals surface area contributed by atoms with Gasteiger partial charge in [0, 0.05) is 17.7 Å². The Bertz CT molecular complexity index is 610. The molecular formula is C19H27ClF3NOS2. The zero-order valence-corrected chi connectivity index (χ0v) is 17.9. The van der Waals surface area contributed by atoms with Crippen molar-refractivity contribution in [3.05, 3.63) is 21.6 Å². The molecule has 0 aromatic heterocycles. The molecule has 2 N–H and O–H groups in total. The maximum absolute atomic E-state index is 12.8. The molecule has 0 aromatic carbocycles. The van der Waals surface area contributed by atoms with Gasteiger partial charge in [-0.15, -0.1) is 23.4 Å². The molecule has 1 heterocycles. The highest BCUT2D eigenvalue weighted by molar-refractivity contribution is 8.22. The molecule has 0 amide bonds. The fourth-order valence-corrected chi connectivity index (χ4v) is 7.38. The number of halogens is 4. The number of nitrogens with one attached hydrogen (secondary N) is 1. The van der Waals surface area contributed by atoms with Crippen molar-refractivity contribution in [1.82, 2.24) is 4.72 Å². The van der Waals surface area contributed by atoms with Crippen LogP contribution in [0.3, 0.4) is 0 Å². The summed E-state index contributed by atoms with van der Waals surface area (Å²) in [6.45, 7) is 4.64. The van der Waals surface area contributed by atoms with Crippen molar-refractivity contribution >= 4 is 35.3 Å². The van der Waals surface area contributed by atoms with Crippen molar-refractivity contribution in [2.45, 2.75) is 75.2 Å². The third-order valence-electron chi connectivity index (χ3n) is 6.16. The number of aliphatic hydroxyl groups excluding tert-OH is 1. The minimum Gasteiger partial charge on any atom is -0.512 e. The number of aliphatic hydroxyl groups is 1. The first kappa shape index (κ1) is 21.7. The second-order valence-corrected chi connectivity index (χ2v) is 11.0. The number of thioether (sulfide) groups is 1. The van der Waals surface area contributed by atoms with E-state index in [1.165, 1.54) is 31.2 Å². The van der Waals surface area contributed by atoms with Crippen LogP contribution in [-0.4, -0.2) is 28.0 Å². The maximum Gasteiger partial charge on any atom is 0.415 e. The fraction of sp³-hybridized carbons (Fsp3) is 0.789. The van der Waals surface area contributed by atoms with Gasteiger partial charge in [0.1, 0.15) is 5.76 Å². The van der Waals surface area contributed by atoms with Crippen LogP contribution in [0.25, 0.3) is 0 Å². The van der Waals surface area contributed by atoms with E-state index >= 15 is 0 Å². The lowest BCUT2D eigenvalue weighted by Gasteiger charge is -2.36. The molecule has 1 fully saturated rings. The smallest absolute Gasteiger partial charge is 0.415 e. The number of hydrogen-bond acceptors (Lipinski definition) is 4. The molecule has 27 heavy (non-hydrogen) atoms. The van der Waals surface area contributed by atoms with E-state index < -0.39 is 17.5 Å². The second-order valence-electron chi connectivity index (χ2n) is 8.12. The number of hydrogen-bond donors (Lipinski definition) is 2. The van der Waals surface area contributed by atoms with Gasteiger partial charge in [-0.1, -0.05) is 20.3 Å². The number of rotatable bonds is 4. The fourth-order valence-electron chi connectivity index (χ4n) is 4.23. The molecule has 1 aliphatic heterocycles. The summed E-state index contributed by atoms with van der Waals surface area (Å²) in [6, 6.07) is -0.161. The van der Waals surface area contributed by atoms with E-state index in [9.17, 15) is 18.3 Å². The number of allylic oxidation sites excluding steroid dienone is 2. The van der Waals surface area contributed by atoms with Crippen molar-refractivity contribution in [3.63, 3.8) is 0 Å². The predicted molar refractivity (Wildman–Crippen MR) is 109 cm³/mol. The summed E-state index contributed by atoms with van der Waals surface area (Å²) >= 11 is 9.84. The van der Waals surface area contributed by atoms with Gasteiger partial charge in [0.25, 0.3) is 0 Å². The zero-order valence-electron chi connectivity index (χ0n) is 15.6. The monoisotopic (exact) mass is 441 g/mol. The Morgan fingerprint density at radius 1 is 1.22 bits per heavy atom. The van der Waals surface area contributed by atoms with E-state index in [1.54, 1.807) is 11.8 Å². The van der Waals surface area contributed by atoms with Gasteiger partial charge in [-0.05, 0) is 61.5 Å². The molecule has 6 unspecified atom stereocenters. The van der Waals surface area contributed by atoms with Crippen molar-refractivity contribution in [3.8, 4) is 0 Å². The molecule has 0 bridgehead atoms. The van der Waals surface area contributed by atoms with Gasteiger partial charge < -0.3 is 5.11 Å². The first-order chi connectivity index (χ1) is 12.6. The van der Waals surface area contributed by atoms with E-state index in [4.69, 9.17) is 11.6 Å². The minimum atomic E-state index is -4.43. The molecular weight excluding hydrogens is 415 g/mol. The lowest BCUT2D eigenvalue weighted by molar-refractivity contribution is -0.0985. The zero-order chi connectivity index (χ0) is 19.8. The highest BCUT2D eigenvalue weighted by Gasteiger charge is 2.40. The van der Waals surface area contributed by atoms with Crippen molar-refractivity contribution in [2.24, 2.45) is 17.8 Å². The van der Waals surface area contributed by atoms with Gasteiger partial charge in [0.2, 0.25) is 0 Å². The van der Waals surface area contributed by atoms with Crippen LogP contribution in [0.5, 0.6) is 0 Å². The molecule has 2 nitrogen and oxygen atoms in total. The summed E-state index contributed by atoms with van der Waals surface area (Å²) in [6.07, 6.45) is 1.56. The van der Waals surface area contributed by atoms with Gasteiger partial charge in [0.05, 0.1) is 15.2 Å². The maximum atomic E-state index is 12.8. The minimum absolute atomic E-state index is 0.00129. The first-order valence-electron chi connectivity index (χ1n) is 9.58. The van der Waals surface area contributed by atoms with Crippen LogP contribution in [0, 0.1) is 17.8 Å². The average molecular weight is 442 g/mol. The largest absolute Gasteiger partial charge is 0.512 e. The van der Waals surface area contributed by atoms with Crippen LogP contribution >= 0.6 is 35.3 Å². The lowest BCUT2D eigenvalue weighted by atomic mass is 9.74. The van der Waals surface area contributed by atoms with Gasteiger partial charge in [-0.25, -0.2) is 0 Å². The highest BCUT2D eigenvalue weighted by Crippen LogP contribution is 2.49.